The van der Waals surface area contributed by atoms with E-state index >= 15 is 0 Å². The Bertz CT molecular complexity index is 585. The number of benzene rings is 1. The van der Waals surface area contributed by atoms with Crippen LogP contribution in [0.5, 0.6) is 17.2 Å². The van der Waals surface area contributed by atoms with Crippen molar-refractivity contribution >= 4 is 0 Å². The third kappa shape index (κ3) is 3.71. The summed E-state index contributed by atoms with van der Waals surface area (Å²) in [7, 11) is 6.96. The largest absolute Gasteiger partial charge is 0.493 e. The monoisotopic (exact) mass is 305 g/mol. The van der Waals surface area contributed by atoms with Crippen molar-refractivity contribution in [1.82, 2.24) is 14.5 Å². The lowest BCUT2D eigenvalue weighted by Gasteiger charge is -2.20. The van der Waals surface area contributed by atoms with Crippen molar-refractivity contribution in [2.75, 3.05) is 34.9 Å². The highest BCUT2D eigenvalue weighted by Gasteiger charge is 2.16. The number of hydrogen-bond donors (Lipinski definition) is 0. The number of rotatable bonds is 8. The van der Waals surface area contributed by atoms with Gasteiger partial charge in [-0.2, -0.15) is 0 Å². The lowest BCUT2D eigenvalue weighted by molar-refractivity contribution is 0.293. The third-order valence-corrected chi connectivity index (χ3v) is 3.53. The lowest BCUT2D eigenvalue weighted by atomic mass is 10.1. The van der Waals surface area contributed by atoms with E-state index in [0.29, 0.717) is 11.5 Å². The molecule has 2 rings (SSSR count). The summed E-state index contributed by atoms with van der Waals surface area (Å²) >= 11 is 0. The molecule has 0 radical (unpaired) electrons. The van der Waals surface area contributed by atoms with Crippen molar-refractivity contribution in [3.8, 4) is 17.2 Å². The molecule has 0 saturated heterocycles. The molecule has 6 nitrogen and oxygen atoms in total. The summed E-state index contributed by atoms with van der Waals surface area (Å²) in [5, 5.41) is 0. The Labute approximate surface area is 131 Å². The van der Waals surface area contributed by atoms with Crippen molar-refractivity contribution in [3.05, 3.63) is 36.4 Å². The Balaban J connectivity index is 2.07. The normalized spacial score (nSPS) is 10.8. The van der Waals surface area contributed by atoms with Crippen LogP contribution in [0.25, 0.3) is 0 Å². The van der Waals surface area contributed by atoms with Crippen LogP contribution in [0.1, 0.15) is 5.56 Å². The second kappa shape index (κ2) is 7.70. The number of imidazole rings is 1. The molecule has 0 aliphatic rings. The Morgan fingerprint density at radius 1 is 1.09 bits per heavy atom. The van der Waals surface area contributed by atoms with Crippen LogP contribution in [0.4, 0.5) is 0 Å². The second-order valence-electron chi connectivity index (χ2n) is 5.03. The van der Waals surface area contributed by atoms with Gasteiger partial charge < -0.3 is 23.7 Å². The quantitative estimate of drug-likeness (QED) is 0.747. The van der Waals surface area contributed by atoms with E-state index in [1.165, 1.54) is 0 Å². The molecule has 0 bridgehead atoms. The van der Waals surface area contributed by atoms with Crippen molar-refractivity contribution in [1.29, 1.82) is 0 Å². The predicted molar refractivity (Wildman–Crippen MR) is 84.7 cm³/mol. The van der Waals surface area contributed by atoms with Gasteiger partial charge in [0.1, 0.15) is 0 Å². The summed E-state index contributed by atoms with van der Waals surface area (Å²) in [5.41, 5.74) is 1.06. The van der Waals surface area contributed by atoms with E-state index in [4.69, 9.17) is 14.2 Å². The average Bonchev–Trinajstić information content (AvgIpc) is 3.05. The summed E-state index contributed by atoms with van der Waals surface area (Å²) in [6.07, 6.45) is 5.58. The summed E-state index contributed by atoms with van der Waals surface area (Å²) in [5.74, 6) is 2.02. The number of aromatic nitrogens is 2. The van der Waals surface area contributed by atoms with Crippen LogP contribution in [0.2, 0.25) is 0 Å². The molecule has 2 aromatic rings. The predicted octanol–water partition coefficient (Wildman–Crippen LogP) is 2.04. The fourth-order valence-corrected chi connectivity index (χ4v) is 2.36. The van der Waals surface area contributed by atoms with Crippen LogP contribution < -0.4 is 14.2 Å². The lowest BCUT2D eigenvalue weighted by Crippen LogP contribution is -2.22. The zero-order valence-electron chi connectivity index (χ0n) is 13.6. The van der Waals surface area contributed by atoms with Crippen molar-refractivity contribution < 1.29 is 14.2 Å². The Morgan fingerprint density at radius 2 is 1.86 bits per heavy atom. The maximum absolute atomic E-state index is 5.51. The zero-order chi connectivity index (χ0) is 15.9. The van der Waals surface area contributed by atoms with Crippen LogP contribution in [-0.2, 0) is 13.1 Å². The van der Waals surface area contributed by atoms with Gasteiger partial charge in [0.25, 0.3) is 0 Å². The van der Waals surface area contributed by atoms with Gasteiger partial charge in [0, 0.05) is 37.6 Å². The fraction of sp³-hybridized carbons (Fsp3) is 0.438. The minimum absolute atomic E-state index is 0.630. The highest BCUT2D eigenvalue weighted by Crippen LogP contribution is 2.40. The third-order valence-electron chi connectivity index (χ3n) is 3.53. The Kier molecular flexibility index (Phi) is 5.66. The summed E-state index contributed by atoms with van der Waals surface area (Å²) < 4.78 is 18.3. The summed E-state index contributed by atoms with van der Waals surface area (Å²) in [4.78, 5) is 6.27. The van der Waals surface area contributed by atoms with E-state index in [1.54, 1.807) is 27.5 Å². The Morgan fingerprint density at radius 3 is 2.45 bits per heavy atom. The Hall–Kier alpha value is -2.21. The first-order chi connectivity index (χ1) is 10.7. The van der Waals surface area contributed by atoms with Gasteiger partial charge in [0.15, 0.2) is 11.5 Å². The fourth-order valence-electron chi connectivity index (χ4n) is 2.36. The SMILES string of the molecule is COc1ccc(CN(C)CCn2ccnc2)c(OC)c1OC. The van der Waals surface area contributed by atoms with Gasteiger partial charge in [-0.25, -0.2) is 4.98 Å². The molecule has 1 aromatic heterocycles. The molecule has 0 aliphatic carbocycles. The number of ether oxygens (including phenoxy) is 3. The maximum Gasteiger partial charge on any atom is 0.203 e. The molecule has 0 amide bonds. The number of likely N-dealkylation sites (N-methyl/N-ethyl adjacent to an activating group) is 1. The first kappa shape index (κ1) is 16.2. The molecule has 0 saturated carbocycles. The molecule has 0 atom stereocenters. The molecule has 1 aromatic carbocycles. The van der Waals surface area contributed by atoms with Gasteiger partial charge >= 0.3 is 0 Å². The molecular formula is C16H23N3O3. The van der Waals surface area contributed by atoms with Crippen molar-refractivity contribution in [2.24, 2.45) is 0 Å². The molecule has 6 heteroatoms. The van der Waals surface area contributed by atoms with Gasteiger partial charge in [-0.05, 0) is 13.1 Å². The highest BCUT2D eigenvalue weighted by atomic mass is 16.5. The van der Waals surface area contributed by atoms with Crippen LogP contribution in [0.3, 0.4) is 0 Å². The first-order valence-electron chi connectivity index (χ1n) is 7.11. The van der Waals surface area contributed by atoms with Gasteiger partial charge in [-0.15, -0.1) is 0 Å². The molecule has 120 valence electrons. The van der Waals surface area contributed by atoms with Gasteiger partial charge in [0.2, 0.25) is 5.75 Å². The summed E-state index contributed by atoms with van der Waals surface area (Å²) in [6, 6.07) is 3.91. The van der Waals surface area contributed by atoms with Gasteiger partial charge in [-0.3, -0.25) is 0 Å². The molecular weight excluding hydrogens is 282 g/mol. The minimum atomic E-state index is 0.630. The standard InChI is InChI=1S/C16H23N3O3/c1-18(9-10-19-8-7-17-12-19)11-13-5-6-14(20-2)16(22-4)15(13)21-3/h5-8,12H,9-11H2,1-4H3. The van der Waals surface area contributed by atoms with E-state index in [9.17, 15) is 0 Å². The van der Waals surface area contributed by atoms with Crippen LogP contribution in [0, 0.1) is 0 Å². The van der Waals surface area contributed by atoms with Crippen molar-refractivity contribution in [2.45, 2.75) is 13.1 Å². The average molecular weight is 305 g/mol. The van der Waals surface area contributed by atoms with E-state index in [1.807, 2.05) is 24.7 Å². The van der Waals surface area contributed by atoms with E-state index in [2.05, 4.69) is 21.5 Å². The minimum Gasteiger partial charge on any atom is -0.493 e. The number of hydrogen-bond acceptors (Lipinski definition) is 5. The number of methoxy groups -OCH3 is 3. The smallest absolute Gasteiger partial charge is 0.203 e. The van der Waals surface area contributed by atoms with Gasteiger partial charge in [0.05, 0.1) is 27.7 Å². The molecule has 0 N–H and O–H groups in total. The first-order valence-corrected chi connectivity index (χ1v) is 7.11. The molecule has 0 fully saturated rings. The maximum atomic E-state index is 5.51. The van der Waals surface area contributed by atoms with Crippen molar-refractivity contribution in [3.63, 3.8) is 0 Å². The highest BCUT2D eigenvalue weighted by molar-refractivity contribution is 5.55. The van der Waals surface area contributed by atoms with Crippen LogP contribution >= 0.6 is 0 Å². The van der Waals surface area contributed by atoms with Gasteiger partial charge in [-0.1, -0.05) is 6.07 Å². The van der Waals surface area contributed by atoms with E-state index in [0.717, 1.165) is 30.9 Å². The molecule has 0 unspecified atom stereocenters. The summed E-state index contributed by atoms with van der Waals surface area (Å²) in [6.45, 7) is 2.57. The van der Waals surface area contributed by atoms with Crippen LogP contribution in [0.15, 0.2) is 30.9 Å². The van der Waals surface area contributed by atoms with Crippen LogP contribution in [-0.4, -0.2) is 49.4 Å². The second-order valence-corrected chi connectivity index (χ2v) is 5.03. The molecule has 1 heterocycles. The van der Waals surface area contributed by atoms with E-state index in [-0.39, 0.29) is 0 Å². The molecule has 22 heavy (non-hydrogen) atoms. The topological polar surface area (TPSA) is 48.8 Å². The van der Waals surface area contributed by atoms with E-state index < -0.39 is 0 Å². The number of nitrogens with zero attached hydrogens (tertiary/aromatic N) is 3. The molecule has 0 spiro atoms. The zero-order valence-corrected chi connectivity index (χ0v) is 13.6. The molecule has 0 aliphatic heterocycles.